The number of likely N-dealkylation sites (N-methyl/N-ethyl adjacent to an activating group) is 1. The molecule has 45 heavy (non-hydrogen) atoms. The molecule has 9 heteroatoms. The van der Waals surface area contributed by atoms with Gasteiger partial charge in [0.25, 0.3) is 7.82 Å². The SMILES string of the molecule is CCCCCCCC/C=C/C(O)C(COP(=O)([O-])OCC[N+](C)(C)C)NC(=O)CCCCCCCCCCCCCCCCC. The standard InChI is InChI=1S/C36H73N2O6P/c1-6-8-10-12-14-16-17-18-19-20-21-22-24-26-28-30-36(40)37-34(33-44-45(41,42)43-32-31-38(3,4)5)35(39)29-27-25-23-15-13-11-9-7-2/h27,29,34-35,39H,6-26,28,30-33H2,1-5H3,(H-,37,40,41,42)/b29-27+. The lowest BCUT2D eigenvalue weighted by atomic mass is 10.0. The topological polar surface area (TPSA) is 108 Å². The summed E-state index contributed by atoms with van der Waals surface area (Å²) in [7, 11) is 1.26. The summed E-state index contributed by atoms with van der Waals surface area (Å²) in [5.74, 6) is -0.201. The highest BCUT2D eigenvalue weighted by Crippen LogP contribution is 2.38. The number of carbonyl (C=O) groups excluding carboxylic acids is 1. The van der Waals surface area contributed by atoms with Gasteiger partial charge in [0.1, 0.15) is 13.2 Å². The second-order valence-corrected chi connectivity index (χ2v) is 15.3. The van der Waals surface area contributed by atoms with Gasteiger partial charge in [0.2, 0.25) is 5.91 Å². The first-order chi connectivity index (χ1) is 21.5. The third kappa shape index (κ3) is 31.6. The van der Waals surface area contributed by atoms with E-state index in [1.807, 2.05) is 27.2 Å². The molecule has 0 saturated heterocycles. The van der Waals surface area contributed by atoms with Crippen LogP contribution in [-0.2, 0) is 18.4 Å². The number of phosphoric acid groups is 1. The fraction of sp³-hybridized carbons (Fsp3) is 0.917. The van der Waals surface area contributed by atoms with Crippen molar-refractivity contribution in [2.45, 2.75) is 174 Å². The number of aliphatic hydroxyl groups excluding tert-OH is 1. The Bertz CT molecular complexity index is 758. The molecule has 0 spiro atoms. The van der Waals surface area contributed by atoms with Crippen LogP contribution in [0.2, 0.25) is 0 Å². The molecule has 0 aromatic heterocycles. The highest BCUT2D eigenvalue weighted by Gasteiger charge is 2.23. The van der Waals surface area contributed by atoms with Crippen LogP contribution in [0.1, 0.15) is 162 Å². The van der Waals surface area contributed by atoms with Crippen LogP contribution in [0.25, 0.3) is 0 Å². The van der Waals surface area contributed by atoms with Gasteiger partial charge in [-0.2, -0.15) is 0 Å². The van der Waals surface area contributed by atoms with E-state index in [2.05, 4.69) is 19.2 Å². The third-order valence-corrected chi connectivity index (χ3v) is 9.21. The molecule has 0 radical (unpaired) electrons. The predicted molar refractivity (Wildman–Crippen MR) is 187 cm³/mol. The van der Waals surface area contributed by atoms with Crippen molar-refractivity contribution in [1.82, 2.24) is 5.32 Å². The fourth-order valence-corrected chi connectivity index (χ4v) is 5.93. The lowest BCUT2D eigenvalue weighted by Gasteiger charge is -2.29. The van der Waals surface area contributed by atoms with E-state index >= 15 is 0 Å². The maximum absolute atomic E-state index is 12.7. The highest BCUT2D eigenvalue weighted by molar-refractivity contribution is 7.45. The van der Waals surface area contributed by atoms with Crippen molar-refractivity contribution in [3.63, 3.8) is 0 Å². The quantitative estimate of drug-likeness (QED) is 0.0316. The number of unbranched alkanes of at least 4 members (excludes halogenated alkanes) is 20. The van der Waals surface area contributed by atoms with Crippen LogP contribution < -0.4 is 10.2 Å². The third-order valence-electron chi connectivity index (χ3n) is 8.25. The van der Waals surface area contributed by atoms with Gasteiger partial charge in [-0.15, -0.1) is 0 Å². The second kappa shape index (κ2) is 29.4. The minimum atomic E-state index is -4.57. The number of hydrogen-bond donors (Lipinski definition) is 2. The van der Waals surface area contributed by atoms with Gasteiger partial charge >= 0.3 is 0 Å². The van der Waals surface area contributed by atoms with E-state index in [0.29, 0.717) is 17.4 Å². The summed E-state index contributed by atoms with van der Waals surface area (Å²) in [5, 5.41) is 13.6. The van der Waals surface area contributed by atoms with Crippen molar-refractivity contribution in [2.75, 3.05) is 40.9 Å². The normalized spacial score (nSPS) is 14.9. The number of phosphoric ester groups is 1. The van der Waals surface area contributed by atoms with Gasteiger partial charge in [-0.25, -0.2) is 0 Å². The van der Waals surface area contributed by atoms with Crippen LogP contribution in [0.4, 0.5) is 0 Å². The largest absolute Gasteiger partial charge is 0.756 e. The Kier molecular flexibility index (Phi) is 28.9. The van der Waals surface area contributed by atoms with E-state index in [-0.39, 0.29) is 19.1 Å². The van der Waals surface area contributed by atoms with Crippen molar-refractivity contribution in [1.29, 1.82) is 0 Å². The zero-order valence-electron chi connectivity index (χ0n) is 30.1. The summed E-state index contributed by atoms with van der Waals surface area (Å²) in [6.07, 6.45) is 29.7. The lowest BCUT2D eigenvalue weighted by Crippen LogP contribution is -2.45. The minimum absolute atomic E-state index is 0.00120. The minimum Gasteiger partial charge on any atom is -0.756 e. The smallest absolute Gasteiger partial charge is 0.268 e. The van der Waals surface area contributed by atoms with Gasteiger partial charge in [-0.3, -0.25) is 9.36 Å². The van der Waals surface area contributed by atoms with Crippen molar-refractivity contribution < 1.29 is 32.9 Å². The Balaban J connectivity index is 4.43. The number of carbonyl (C=O) groups is 1. The summed E-state index contributed by atoms with van der Waals surface area (Å²) in [5.41, 5.74) is 0. The van der Waals surface area contributed by atoms with E-state index in [0.717, 1.165) is 38.5 Å². The molecule has 1 amide bonds. The average Bonchev–Trinajstić information content (AvgIpc) is 2.97. The summed E-state index contributed by atoms with van der Waals surface area (Å²) in [6, 6.07) is -0.876. The molecule has 0 heterocycles. The summed E-state index contributed by atoms with van der Waals surface area (Å²) < 4.78 is 23.0. The number of nitrogens with zero attached hydrogens (tertiary/aromatic N) is 1. The monoisotopic (exact) mass is 661 g/mol. The number of allylic oxidation sites excluding steroid dienone is 1. The van der Waals surface area contributed by atoms with E-state index in [1.165, 1.54) is 103 Å². The molecule has 2 N–H and O–H groups in total. The Morgan fingerprint density at radius 3 is 1.67 bits per heavy atom. The maximum Gasteiger partial charge on any atom is 0.268 e. The molecule has 0 aliphatic carbocycles. The summed E-state index contributed by atoms with van der Waals surface area (Å²) in [6.45, 7) is 4.59. The van der Waals surface area contributed by atoms with Gasteiger partial charge in [-0.05, 0) is 19.3 Å². The first-order valence-corrected chi connectivity index (χ1v) is 20.0. The number of aliphatic hydroxyl groups is 1. The highest BCUT2D eigenvalue weighted by atomic mass is 31.2. The zero-order chi connectivity index (χ0) is 33.7. The zero-order valence-corrected chi connectivity index (χ0v) is 31.0. The molecule has 3 atom stereocenters. The summed E-state index contributed by atoms with van der Waals surface area (Å²) >= 11 is 0. The molecule has 0 fully saturated rings. The Morgan fingerprint density at radius 1 is 0.756 bits per heavy atom. The molecule has 0 aliphatic heterocycles. The van der Waals surface area contributed by atoms with Crippen LogP contribution in [0, 0.1) is 0 Å². The number of amides is 1. The van der Waals surface area contributed by atoms with Gasteiger partial charge in [0.15, 0.2) is 0 Å². The second-order valence-electron chi connectivity index (χ2n) is 13.9. The molecule has 0 aromatic carbocycles. The van der Waals surface area contributed by atoms with Crippen molar-refractivity contribution >= 4 is 13.7 Å². The number of rotatable bonds is 33. The van der Waals surface area contributed by atoms with Crippen LogP contribution in [0.3, 0.4) is 0 Å². The van der Waals surface area contributed by atoms with Crippen LogP contribution >= 0.6 is 7.82 Å². The molecule has 0 rings (SSSR count). The molecule has 0 saturated carbocycles. The van der Waals surface area contributed by atoms with Crippen molar-refractivity contribution in [3.8, 4) is 0 Å². The molecular formula is C36H73N2O6P. The van der Waals surface area contributed by atoms with Gasteiger partial charge < -0.3 is 28.8 Å². The van der Waals surface area contributed by atoms with Gasteiger partial charge in [-0.1, -0.05) is 148 Å². The molecule has 8 nitrogen and oxygen atoms in total. The number of hydrogen-bond acceptors (Lipinski definition) is 6. The Hall–Kier alpha value is -0.760. The van der Waals surface area contributed by atoms with Crippen LogP contribution in [0.5, 0.6) is 0 Å². The molecule has 0 aromatic rings. The number of quaternary nitrogens is 1. The molecule has 3 unspecified atom stereocenters. The van der Waals surface area contributed by atoms with E-state index in [4.69, 9.17) is 9.05 Å². The first-order valence-electron chi connectivity index (χ1n) is 18.6. The molecular weight excluding hydrogens is 587 g/mol. The average molecular weight is 661 g/mol. The maximum atomic E-state index is 12.7. The fourth-order valence-electron chi connectivity index (χ4n) is 5.21. The number of nitrogens with one attached hydrogen (secondary N) is 1. The van der Waals surface area contributed by atoms with Crippen LogP contribution in [0.15, 0.2) is 12.2 Å². The molecule has 268 valence electrons. The molecule has 0 aliphatic rings. The summed E-state index contributed by atoms with van der Waals surface area (Å²) in [4.78, 5) is 25.0. The van der Waals surface area contributed by atoms with E-state index < -0.39 is 20.0 Å². The van der Waals surface area contributed by atoms with E-state index in [1.54, 1.807) is 6.08 Å². The lowest BCUT2D eigenvalue weighted by molar-refractivity contribution is -0.870. The van der Waals surface area contributed by atoms with Crippen molar-refractivity contribution in [2.24, 2.45) is 0 Å². The van der Waals surface area contributed by atoms with Gasteiger partial charge in [0.05, 0.1) is 39.9 Å². The Morgan fingerprint density at radius 2 is 1.20 bits per heavy atom. The predicted octanol–water partition coefficient (Wildman–Crippen LogP) is 8.61. The molecule has 0 bridgehead atoms. The van der Waals surface area contributed by atoms with Crippen LogP contribution in [-0.4, -0.2) is 68.5 Å². The first kappa shape index (κ1) is 44.2. The van der Waals surface area contributed by atoms with Gasteiger partial charge in [0, 0.05) is 6.42 Å². The van der Waals surface area contributed by atoms with E-state index in [9.17, 15) is 19.4 Å². The van der Waals surface area contributed by atoms with Crippen molar-refractivity contribution in [3.05, 3.63) is 12.2 Å². The Labute approximate surface area is 278 Å².